The van der Waals surface area contributed by atoms with Crippen molar-refractivity contribution in [2.24, 2.45) is 0 Å². The first-order chi connectivity index (χ1) is 10.6. The topological polar surface area (TPSA) is 24.1 Å². The van der Waals surface area contributed by atoms with Gasteiger partial charge in [-0.3, -0.25) is 0 Å². The summed E-state index contributed by atoms with van der Waals surface area (Å²) in [4.78, 5) is 0. The highest BCUT2D eigenvalue weighted by atomic mass is 32.1. The molecule has 0 aromatic heterocycles. The predicted octanol–water partition coefficient (Wildman–Crippen LogP) is 5.00. The van der Waals surface area contributed by atoms with Crippen LogP contribution in [0.2, 0.25) is 0 Å². The van der Waals surface area contributed by atoms with Gasteiger partial charge in [-0.25, -0.2) is 0 Å². The van der Waals surface area contributed by atoms with Gasteiger partial charge in [0.15, 0.2) is 5.11 Å². The minimum atomic E-state index is 0.233. The molecule has 2 aromatic rings. The van der Waals surface area contributed by atoms with Crippen LogP contribution in [0.3, 0.4) is 0 Å². The Kier molecular flexibility index (Phi) is 5.96. The summed E-state index contributed by atoms with van der Waals surface area (Å²) >= 11 is 5.46. The summed E-state index contributed by atoms with van der Waals surface area (Å²) in [6, 6.07) is 17.1. The Hall–Kier alpha value is -1.87. The summed E-state index contributed by atoms with van der Waals surface area (Å²) < 4.78 is 0. The van der Waals surface area contributed by atoms with Gasteiger partial charge in [0.2, 0.25) is 0 Å². The number of hydrogen-bond donors (Lipinski definition) is 2. The van der Waals surface area contributed by atoms with E-state index >= 15 is 0 Å². The normalized spacial score (nSPS) is 11.8. The second-order valence-electron chi connectivity index (χ2n) is 5.47. The van der Waals surface area contributed by atoms with Gasteiger partial charge in [-0.2, -0.15) is 0 Å². The van der Waals surface area contributed by atoms with Gasteiger partial charge in [-0.15, -0.1) is 0 Å². The van der Waals surface area contributed by atoms with Gasteiger partial charge in [0.25, 0.3) is 0 Å². The first kappa shape index (κ1) is 16.5. The van der Waals surface area contributed by atoms with E-state index in [0.29, 0.717) is 5.11 Å². The maximum Gasteiger partial charge on any atom is 0.171 e. The van der Waals surface area contributed by atoms with Crippen LogP contribution in [0.25, 0.3) is 0 Å². The second kappa shape index (κ2) is 7.95. The average molecular weight is 312 g/mol. The lowest BCUT2D eigenvalue weighted by Crippen LogP contribution is -2.32. The van der Waals surface area contributed by atoms with E-state index in [9.17, 15) is 0 Å². The Morgan fingerprint density at radius 2 is 1.73 bits per heavy atom. The zero-order valence-corrected chi connectivity index (χ0v) is 14.3. The van der Waals surface area contributed by atoms with Crippen molar-refractivity contribution in [1.29, 1.82) is 0 Å². The molecule has 0 amide bonds. The Balaban J connectivity index is 2.01. The molecular weight excluding hydrogens is 288 g/mol. The van der Waals surface area contributed by atoms with Crippen LogP contribution in [0.5, 0.6) is 0 Å². The SMILES string of the molecule is CCc1ccc(NC(=S)N[C@@H](CC)c2ccccc2C)cc1. The van der Waals surface area contributed by atoms with Crippen LogP contribution in [-0.2, 0) is 6.42 Å². The van der Waals surface area contributed by atoms with Crippen molar-refractivity contribution >= 4 is 23.0 Å². The fourth-order valence-corrected chi connectivity index (χ4v) is 2.79. The Morgan fingerprint density at radius 3 is 2.32 bits per heavy atom. The molecule has 0 aliphatic carbocycles. The Labute approximate surface area is 139 Å². The van der Waals surface area contributed by atoms with Crippen LogP contribution in [-0.4, -0.2) is 5.11 Å². The maximum absolute atomic E-state index is 5.46. The second-order valence-corrected chi connectivity index (χ2v) is 5.87. The van der Waals surface area contributed by atoms with Crippen LogP contribution in [0.15, 0.2) is 48.5 Å². The van der Waals surface area contributed by atoms with Gasteiger partial charge in [0.05, 0.1) is 6.04 Å². The maximum atomic E-state index is 5.46. The molecule has 3 heteroatoms. The number of rotatable bonds is 5. The van der Waals surface area contributed by atoms with E-state index in [4.69, 9.17) is 12.2 Å². The van der Waals surface area contributed by atoms with Crippen LogP contribution in [0.1, 0.15) is 43.0 Å². The van der Waals surface area contributed by atoms with Gasteiger partial charge < -0.3 is 10.6 Å². The minimum Gasteiger partial charge on any atom is -0.356 e. The van der Waals surface area contributed by atoms with Crippen molar-refractivity contribution in [3.05, 3.63) is 65.2 Å². The molecule has 0 radical (unpaired) electrons. The lowest BCUT2D eigenvalue weighted by Gasteiger charge is -2.21. The van der Waals surface area contributed by atoms with Crippen LogP contribution >= 0.6 is 12.2 Å². The molecule has 2 N–H and O–H groups in total. The summed E-state index contributed by atoms with van der Waals surface area (Å²) in [5.74, 6) is 0. The van der Waals surface area contributed by atoms with E-state index in [1.165, 1.54) is 16.7 Å². The molecule has 2 aromatic carbocycles. The third kappa shape index (κ3) is 4.31. The van der Waals surface area contributed by atoms with Gasteiger partial charge in [-0.05, 0) is 60.8 Å². The van der Waals surface area contributed by atoms with Crippen molar-refractivity contribution < 1.29 is 0 Å². The zero-order chi connectivity index (χ0) is 15.9. The molecule has 0 aliphatic rings. The molecule has 0 fully saturated rings. The highest BCUT2D eigenvalue weighted by Crippen LogP contribution is 2.20. The lowest BCUT2D eigenvalue weighted by molar-refractivity contribution is 0.625. The molecule has 0 saturated heterocycles. The monoisotopic (exact) mass is 312 g/mol. The molecule has 1 atom stereocenters. The molecule has 0 heterocycles. The lowest BCUT2D eigenvalue weighted by atomic mass is 10.00. The molecule has 0 spiro atoms. The van der Waals surface area contributed by atoms with Crippen LogP contribution in [0.4, 0.5) is 5.69 Å². The smallest absolute Gasteiger partial charge is 0.171 e. The van der Waals surface area contributed by atoms with E-state index in [0.717, 1.165) is 18.5 Å². The summed E-state index contributed by atoms with van der Waals surface area (Å²) in [5, 5.41) is 7.35. The fraction of sp³-hybridized carbons (Fsp3) is 0.316. The molecule has 0 bridgehead atoms. The first-order valence-electron chi connectivity index (χ1n) is 7.86. The first-order valence-corrected chi connectivity index (χ1v) is 8.26. The molecule has 0 saturated carbocycles. The molecule has 116 valence electrons. The van der Waals surface area contributed by atoms with E-state index in [1.807, 2.05) is 0 Å². The van der Waals surface area contributed by atoms with E-state index in [1.54, 1.807) is 0 Å². The molecule has 2 rings (SSSR count). The molecule has 0 aliphatic heterocycles. The standard InChI is InChI=1S/C19H24N2S/c1-4-15-10-12-16(13-11-15)20-19(22)21-18(5-2)17-9-7-6-8-14(17)3/h6-13,18H,4-5H2,1-3H3,(H2,20,21,22)/t18-/m0/s1. The average Bonchev–Trinajstić information content (AvgIpc) is 2.54. The molecule has 22 heavy (non-hydrogen) atoms. The summed E-state index contributed by atoms with van der Waals surface area (Å²) in [6.45, 7) is 6.46. The van der Waals surface area contributed by atoms with Crippen molar-refractivity contribution in [2.45, 2.75) is 39.7 Å². The van der Waals surface area contributed by atoms with Gasteiger partial charge in [-0.1, -0.05) is 50.2 Å². The quantitative estimate of drug-likeness (QED) is 0.760. The third-order valence-electron chi connectivity index (χ3n) is 3.90. The number of nitrogens with one attached hydrogen (secondary N) is 2. The number of benzene rings is 2. The van der Waals surface area contributed by atoms with E-state index in [2.05, 4.69) is 79.9 Å². The van der Waals surface area contributed by atoms with Gasteiger partial charge in [0, 0.05) is 5.69 Å². The predicted molar refractivity (Wildman–Crippen MR) is 99.4 cm³/mol. The van der Waals surface area contributed by atoms with Crippen molar-refractivity contribution in [3.63, 3.8) is 0 Å². The van der Waals surface area contributed by atoms with Crippen LogP contribution in [0, 0.1) is 6.92 Å². The number of aryl methyl sites for hydroxylation is 2. The summed E-state index contributed by atoms with van der Waals surface area (Å²) in [7, 11) is 0. The van der Waals surface area contributed by atoms with Crippen molar-refractivity contribution in [3.8, 4) is 0 Å². The van der Waals surface area contributed by atoms with Crippen LogP contribution < -0.4 is 10.6 Å². The highest BCUT2D eigenvalue weighted by Gasteiger charge is 2.12. The van der Waals surface area contributed by atoms with Crippen molar-refractivity contribution in [1.82, 2.24) is 5.32 Å². The minimum absolute atomic E-state index is 0.233. The van der Waals surface area contributed by atoms with Gasteiger partial charge in [0.1, 0.15) is 0 Å². The van der Waals surface area contributed by atoms with Gasteiger partial charge >= 0.3 is 0 Å². The summed E-state index contributed by atoms with van der Waals surface area (Å²) in [5.41, 5.74) is 4.94. The fourth-order valence-electron chi connectivity index (χ4n) is 2.53. The van der Waals surface area contributed by atoms with E-state index < -0.39 is 0 Å². The number of thiocarbonyl (C=S) groups is 1. The van der Waals surface area contributed by atoms with Crippen molar-refractivity contribution in [2.75, 3.05) is 5.32 Å². The van der Waals surface area contributed by atoms with E-state index in [-0.39, 0.29) is 6.04 Å². The Morgan fingerprint density at radius 1 is 1.05 bits per heavy atom. The molecular formula is C19H24N2S. The highest BCUT2D eigenvalue weighted by molar-refractivity contribution is 7.80. The zero-order valence-electron chi connectivity index (χ0n) is 13.5. The summed E-state index contributed by atoms with van der Waals surface area (Å²) in [6.07, 6.45) is 2.04. The largest absolute Gasteiger partial charge is 0.356 e. The number of anilines is 1. The number of hydrogen-bond acceptors (Lipinski definition) is 1. The molecule has 0 unspecified atom stereocenters. The Bertz CT molecular complexity index is 620. The molecule has 2 nitrogen and oxygen atoms in total. The third-order valence-corrected chi connectivity index (χ3v) is 4.12.